The molecule has 0 saturated heterocycles. The highest BCUT2D eigenvalue weighted by Gasteiger charge is 2.25. The van der Waals surface area contributed by atoms with Crippen molar-refractivity contribution in [2.45, 2.75) is 0 Å². The molecule has 1 amide bonds. The van der Waals surface area contributed by atoms with E-state index in [0.29, 0.717) is 11.3 Å². The summed E-state index contributed by atoms with van der Waals surface area (Å²) in [5.41, 5.74) is 1.38. The summed E-state index contributed by atoms with van der Waals surface area (Å²) in [6.07, 6.45) is 0. The van der Waals surface area contributed by atoms with Crippen LogP contribution < -0.4 is 5.32 Å². The van der Waals surface area contributed by atoms with E-state index in [1.165, 1.54) is 0 Å². The lowest BCUT2D eigenvalue weighted by atomic mass is 10.2. The van der Waals surface area contributed by atoms with Crippen LogP contribution in [0, 0.1) is 0 Å². The lowest BCUT2D eigenvalue weighted by Gasteiger charge is -1.96. The molecule has 2 rings (SSSR count). The molecule has 0 aliphatic carbocycles. The van der Waals surface area contributed by atoms with E-state index in [0.717, 1.165) is 4.47 Å². The number of rotatable bonds is 0. The quantitative estimate of drug-likeness (QED) is 0.709. The summed E-state index contributed by atoms with van der Waals surface area (Å²) >= 11 is 3.51. The Morgan fingerprint density at radius 3 is 2.85 bits per heavy atom. The van der Waals surface area contributed by atoms with Gasteiger partial charge in [-0.2, -0.15) is 0 Å². The Bertz CT molecular complexity index is 451. The minimum atomic E-state index is -0.312. The molecule has 0 spiro atoms. The van der Waals surface area contributed by atoms with E-state index < -0.39 is 0 Å². The smallest absolute Gasteiger partial charge is 0.269 e. The molecule has 1 heterocycles. The molecular formula is C8H4BrNO2S. The van der Waals surface area contributed by atoms with Crippen molar-refractivity contribution in [1.82, 2.24) is 0 Å². The second-order valence-electron chi connectivity index (χ2n) is 2.56. The Hall–Kier alpha value is -0.940. The van der Waals surface area contributed by atoms with Crippen molar-refractivity contribution in [3.63, 3.8) is 0 Å². The summed E-state index contributed by atoms with van der Waals surface area (Å²) in [7, 11) is 0. The maximum absolute atomic E-state index is 11.2. The Morgan fingerprint density at radius 1 is 1.38 bits per heavy atom. The summed E-state index contributed by atoms with van der Waals surface area (Å²) in [6.45, 7) is 0. The van der Waals surface area contributed by atoms with Crippen molar-refractivity contribution in [2.24, 2.45) is 0 Å². The van der Waals surface area contributed by atoms with Crippen molar-refractivity contribution in [1.29, 1.82) is 0 Å². The number of anilines is 1. The number of benzene rings is 1. The van der Waals surface area contributed by atoms with Gasteiger partial charge >= 0.3 is 0 Å². The molecule has 0 atom stereocenters. The van der Waals surface area contributed by atoms with E-state index in [-0.39, 0.29) is 22.0 Å². The van der Waals surface area contributed by atoms with Gasteiger partial charge in [0, 0.05) is 10.0 Å². The average Bonchev–Trinajstić information content (AvgIpc) is 2.39. The molecule has 0 radical (unpaired) electrons. The van der Waals surface area contributed by atoms with Crippen LogP contribution in [-0.2, 0) is 16.1 Å². The van der Waals surface area contributed by atoms with Crippen molar-refractivity contribution < 1.29 is 9.00 Å². The zero-order valence-electron chi connectivity index (χ0n) is 6.33. The second kappa shape index (κ2) is 3.08. The monoisotopic (exact) mass is 257 g/mol. The number of carbonyl (C=O) groups excluding carboxylic acids is 1. The SMILES string of the molecule is O=S=C1C(=O)Nc2cc(Br)ccc21. The van der Waals surface area contributed by atoms with Crippen LogP contribution in [0.15, 0.2) is 22.7 Å². The highest BCUT2D eigenvalue weighted by molar-refractivity contribution is 9.10. The Morgan fingerprint density at radius 2 is 2.15 bits per heavy atom. The molecule has 0 fully saturated rings. The van der Waals surface area contributed by atoms with E-state index in [4.69, 9.17) is 0 Å². The lowest BCUT2D eigenvalue weighted by Crippen LogP contribution is -2.13. The first kappa shape index (κ1) is 8.65. The summed E-state index contributed by atoms with van der Waals surface area (Å²) in [5.74, 6) is -0.312. The zero-order chi connectivity index (χ0) is 9.42. The van der Waals surface area contributed by atoms with Gasteiger partial charge in [0.25, 0.3) is 5.91 Å². The third kappa shape index (κ3) is 1.34. The molecule has 13 heavy (non-hydrogen) atoms. The van der Waals surface area contributed by atoms with Gasteiger partial charge in [-0.3, -0.25) is 4.79 Å². The topological polar surface area (TPSA) is 46.2 Å². The summed E-state index contributed by atoms with van der Waals surface area (Å²) < 4.78 is 11.5. The van der Waals surface area contributed by atoms with Gasteiger partial charge in [-0.05, 0) is 12.1 Å². The lowest BCUT2D eigenvalue weighted by molar-refractivity contribution is -0.109. The van der Waals surface area contributed by atoms with Gasteiger partial charge in [0.1, 0.15) is 16.1 Å². The minimum absolute atomic E-state index is 0.228. The van der Waals surface area contributed by atoms with E-state index >= 15 is 0 Å². The zero-order valence-corrected chi connectivity index (χ0v) is 8.74. The van der Waals surface area contributed by atoms with E-state index in [2.05, 4.69) is 21.2 Å². The van der Waals surface area contributed by atoms with Gasteiger partial charge in [0.2, 0.25) is 0 Å². The average molecular weight is 258 g/mol. The third-order valence-electron chi connectivity index (χ3n) is 1.76. The van der Waals surface area contributed by atoms with Crippen LogP contribution in [-0.4, -0.2) is 15.0 Å². The first-order valence-electron chi connectivity index (χ1n) is 3.50. The number of hydrogen-bond donors (Lipinski definition) is 1. The van der Waals surface area contributed by atoms with Gasteiger partial charge in [-0.1, -0.05) is 22.0 Å². The molecule has 0 saturated carbocycles. The summed E-state index contributed by atoms with van der Waals surface area (Å²) in [5, 5.41) is 2.61. The number of fused-ring (bicyclic) bond motifs is 1. The van der Waals surface area contributed by atoms with Crippen LogP contribution in [0.4, 0.5) is 5.69 Å². The van der Waals surface area contributed by atoms with Crippen LogP contribution in [0.5, 0.6) is 0 Å². The predicted octanol–water partition coefficient (Wildman–Crippen LogP) is 1.13. The van der Waals surface area contributed by atoms with E-state index in [1.807, 2.05) is 0 Å². The maximum atomic E-state index is 11.2. The fraction of sp³-hybridized carbons (Fsp3) is 0. The van der Waals surface area contributed by atoms with Crippen LogP contribution >= 0.6 is 15.9 Å². The Kier molecular flexibility index (Phi) is 2.05. The van der Waals surface area contributed by atoms with E-state index in [1.54, 1.807) is 18.2 Å². The fourth-order valence-corrected chi connectivity index (χ4v) is 1.96. The standard InChI is InChI=1S/C8H4BrNO2S/c9-4-1-2-5-6(3-4)10-8(11)7(5)13-12/h1-3H,(H,10,11). The molecular weight excluding hydrogens is 254 g/mol. The normalized spacial score (nSPS) is 13.9. The van der Waals surface area contributed by atoms with Crippen molar-refractivity contribution in [3.8, 4) is 0 Å². The van der Waals surface area contributed by atoms with Crippen LogP contribution in [0.25, 0.3) is 0 Å². The Balaban J connectivity index is 2.68. The first-order valence-corrected chi connectivity index (χ1v) is 5.04. The molecule has 1 N–H and O–H groups in total. The highest BCUT2D eigenvalue weighted by Crippen LogP contribution is 2.26. The largest absolute Gasteiger partial charge is 0.321 e. The van der Waals surface area contributed by atoms with Gasteiger partial charge in [0.05, 0.1) is 5.69 Å². The molecule has 1 aromatic carbocycles. The molecule has 3 nitrogen and oxygen atoms in total. The van der Waals surface area contributed by atoms with Crippen molar-refractivity contribution >= 4 is 43.6 Å². The molecule has 1 aromatic rings. The van der Waals surface area contributed by atoms with Gasteiger partial charge in [-0.25, -0.2) is 4.21 Å². The highest BCUT2D eigenvalue weighted by atomic mass is 79.9. The number of amides is 1. The van der Waals surface area contributed by atoms with Gasteiger partial charge < -0.3 is 5.32 Å². The number of nitrogens with one attached hydrogen (secondary N) is 1. The molecule has 66 valence electrons. The Labute approximate surface area is 86.3 Å². The van der Waals surface area contributed by atoms with Gasteiger partial charge in [-0.15, -0.1) is 0 Å². The molecule has 0 aromatic heterocycles. The first-order chi connectivity index (χ1) is 6.22. The predicted molar refractivity (Wildman–Crippen MR) is 55.0 cm³/mol. The summed E-state index contributed by atoms with van der Waals surface area (Å²) in [4.78, 5) is 11.4. The molecule has 1 aliphatic rings. The molecule has 1 aliphatic heterocycles. The van der Waals surface area contributed by atoms with Crippen molar-refractivity contribution in [2.75, 3.05) is 5.32 Å². The fourth-order valence-electron chi connectivity index (χ4n) is 1.20. The van der Waals surface area contributed by atoms with Gasteiger partial charge in [0.15, 0.2) is 0 Å². The third-order valence-corrected chi connectivity index (χ3v) is 2.83. The number of halogens is 1. The number of carbonyl (C=O) groups is 1. The van der Waals surface area contributed by atoms with E-state index in [9.17, 15) is 9.00 Å². The summed E-state index contributed by atoms with van der Waals surface area (Å²) in [6, 6.07) is 5.32. The van der Waals surface area contributed by atoms with Crippen LogP contribution in [0.2, 0.25) is 0 Å². The number of hydrogen-bond acceptors (Lipinski definition) is 2. The molecule has 5 heteroatoms. The maximum Gasteiger partial charge on any atom is 0.269 e. The molecule has 0 unspecified atom stereocenters. The minimum Gasteiger partial charge on any atom is -0.321 e. The van der Waals surface area contributed by atoms with Crippen LogP contribution in [0.3, 0.4) is 0 Å². The molecule has 0 bridgehead atoms. The second-order valence-corrected chi connectivity index (χ2v) is 4.05. The van der Waals surface area contributed by atoms with Crippen molar-refractivity contribution in [3.05, 3.63) is 28.2 Å². The van der Waals surface area contributed by atoms with Crippen LogP contribution in [0.1, 0.15) is 5.56 Å².